The number of aryl methyl sites for hydroxylation is 1. The fourth-order valence-electron chi connectivity index (χ4n) is 2.66. The first kappa shape index (κ1) is 24.4. The Morgan fingerprint density at radius 1 is 1.16 bits per heavy atom. The molecular weight excluding hydrogens is 462 g/mol. The van der Waals surface area contributed by atoms with Crippen LogP contribution in [-0.2, 0) is 9.59 Å². The first-order chi connectivity index (χ1) is 14.8. The van der Waals surface area contributed by atoms with E-state index in [4.69, 9.17) is 9.47 Å². The van der Waals surface area contributed by atoms with Gasteiger partial charge in [-0.05, 0) is 73.0 Å². The van der Waals surface area contributed by atoms with Crippen molar-refractivity contribution in [1.82, 2.24) is 5.43 Å². The van der Waals surface area contributed by atoms with Gasteiger partial charge in [0.2, 0.25) is 11.8 Å². The molecule has 7 nitrogen and oxygen atoms in total. The monoisotopic (exact) mass is 489 g/mol. The highest BCUT2D eigenvalue weighted by Gasteiger charge is 2.13. The van der Waals surface area contributed by atoms with Crippen molar-refractivity contribution in [3.05, 3.63) is 52.0 Å². The molecule has 0 unspecified atom stereocenters. The van der Waals surface area contributed by atoms with Crippen molar-refractivity contribution in [2.24, 2.45) is 5.10 Å². The number of carbonyl (C=O) groups is 2. The molecule has 0 radical (unpaired) electrons. The van der Waals surface area contributed by atoms with Gasteiger partial charge in [0.05, 0.1) is 23.4 Å². The van der Waals surface area contributed by atoms with E-state index >= 15 is 0 Å². The summed E-state index contributed by atoms with van der Waals surface area (Å²) in [6.45, 7) is 8.17. The van der Waals surface area contributed by atoms with Gasteiger partial charge >= 0.3 is 0 Å². The molecule has 0 aliphatic carbocycles. The molecule has 0 aromatic heterocycles. The van der Waals surface area contributed by atoms with E-state index in [0.717, 1.165) is 21.3 Å². The van der Waals surface area contributed by atoms with Crippen LogP contribution in [-0.4, -0.2) is 30.7 Å². The van der Waals surface area contributed by atoms with Crippen LogP contribution in [0, 0.1) is 6.92 Å². The number of nitrogens with one attached hydrogen (secondary N) is 2. The molecule has 0 aliphatic rings. The second kappa shape index (κ2) is 12.1. The highest BCUT2D eigenvalue weighted by molar-refractivity contribution is 9.10. The number of ether oxygens (including phenoxy) is 2. The molecule has 0 bridgehead atoms. The van der Waals surface area contributed by atoms with Gasteiger partial charge in [-0.2, -0.15) is 5.10 Å². The van der Waals surface area contributed by atoms with Crippen LogP contribution >= 0.6 is 15.9 Å². The number of amides is 2. The largest absolute Gasteiger partial charge is 0.490 e. The Balaban J connectivity index is 1.90. The van der Waals surface area contributed by atoms with Gasteiger partial charge in [0.1, 0.15) is 0 Å². The minimum atomic E-state index is -0.347. The number of anilines is 1. The summed E-state index contributed by atoms with van der Waals surface area (Å²) in [5.41, 5.74) is 4.88. The summed E-state index contributed by atoms with van der Waals surface area (Å²) in [4.78, 5) is 24.1. The maximum Gasteiger partial charge on any atom is 0.240 e. The van der Waals surface area contributed by atoms with Gasteiger partial charge in [0, 0.05) is 18.5 Å². The predicted octanol–water partition coefficient (Wildman–Crippen LogP) is 4.81. The first-order valence-corrected chi connectivity index (χ1v) is 10.9. The van der Waals surface area contributed by atoms with Crippen LogP contribution in [0.15, 0.2) is 46.0 Å². The number of carbonyl (C=O) groups excluding carboxylic acids is 2. The van der Waals surface area contributed by atoms with E-state index < -0.39 is 0 Å². The Bertz CT molecular complexity index is 944. The Kier molecular flexibility index (Phi) is 9.52. The Hall–Kier alpha value is -2.87. The number of nitrogens with zero attached hydrogens (tertiary/aromatic N) is 1. The third-order valence-electron chi connectivity index (χ3n) is 4.09. The molecular formula is C23H28BrN3O4. The van der Waals surface area contributed by atoms with Gasteiger partial charge in [-0.25, -0.2) is 5.43 Å². The molecule has 2 rings (SSSR count). The maximum absolute atomic E-state index is 12.0. The molecule has 166 valence electrons. The van der Waals surface area contributed by atoms with E-state index in [-0.39, 0.29) is 30.8 Å². The zero-order chi connectivity index (χ0) is 22.8. The highest BCUT2D eigenvalue weighted by atomic mass is 79.9. The van der Waals surface area contributed by atoms with Gasteiger partial charge in [0.15, 0.2) is 11.5 Å². The van der Waals surface area contributed by atoms with Crippen LogP contribution < -0.4 is 20.2 Å². The molecule has 8 heteroatoms. The fourth-order valence-corrected chi connectivity index (χ4v) is 3.22. The molecule has 0 heterocycles. The standard InChI is InChI=1S/C23H28BrN3O4/c1-5-30-20-13-17(12-18(24)23(20)31-15(2)3)14-25-27-22(29)11-10-21(28)26-19-9-7-6-8-16(19)4/h6-9,12-15H,5,10-11H2,1-4H3,(H,26,28)(H,27,29). The van der Waals surface area contributed by atoms with Gasteiger partial charge in [-0.3, -0.25) is 9.59 Å². The van der Waals surface area contributed by atoms with Crippen molar-refractivity contribution in [2.75, 3.05) is 11.9 Å². The predicted molar refractivity (Wildman–Crippen MR) is 126 cm³/mol. The zero-order valence-electron chi connectivity index (χ0n) is 18.2. The summed E-state index contributed by atoms with van der Waals surface area (Å²) in [6, 6.07) is 11.1. The first-order valence-electron chi connectivity index (χ1n) is 10.1. The van der Waals surface area contributed by atoms with E-state index in [1.807, 2.05) is 58.0 Å². The van der Waals surface area contributed by atoms with Crippen molar-refractivity contribution in [3.63, 3.8) is 0 Å². The molecule has 0 atom stereocenters. The average molecular weight is 490 g/mol. The normalized spacial score (nSPS) is 10.9. The summed E-state index contributed by atoms with van der Waals surface area (Å²) in [7, 11) is 0. The maximum atomic E-state index is 12.0. The van der Waals surface area contributed by atoms with Crippen molar-refractivity contribution in [3.8, 4) is 11.5 Å². The van der Waals surface area contributed by atoms with E-state index in [0.29, 0.717) is 18.1 Å². The highest BCUT2D eigenvalue weighted by Crippen LogP contribution is 2.37. The molecule has 2 amide bonds. The third-order valence-corrected chi connectivity index (χ3v) is 4.68. The summed E-state index contributed by atoms with van der Waals surface area (Å²) in [6.07, 6.45) is 1.61. The molecule has 2 N–H and O–H groups in total. The molecule has 0 fully saturated rings. The number of para-hydroxylation sites is 1. The minimum absolute atomic E-state index is 0.00248. The summed E-state index contributed by atoms with van der Waals surface area (Å²) in [5, 5.41) is 6.78. The molecule has 0 saturated heterocycles. The molecule has 31 heavy (non-hydrogen) atoms. The van der Waals surface area contributed by atoms with Crippen molar-refractivity contribution in [2.45, 2.75) is 46.6 Å². The van der Waals surface area contributed by atoms with Gasteiger partial charge < -0.3 is 14.8 Å². The Labute approximate surface area is 191 Å². The third kappa shape index (κ3) is 8.05. The fraction of sp³-hybridized carbons (Fsp3) is 0.348. The van der Waals surface area contributed by atoms with Crippen LogP contribution in [0.5, 0.6) is 11.5 Å². The lowest BCUT2D eigenvalue weighted by molar-refractivity contribution is -0.124. The van der Waals surface area contributed by atoms with Crippen molar-refractivity contribution in [1.29, 1.82) is 0 Å². The van der Waals surface area contributed by atoms with E-state index in [1.165, 1.54) is 6.21 Å². The molecule has 0 saturated carbocycles. The SMILES string of the molecule is CCOc1cc(C=NNC(=O)CCC(=O)Nc2ccccc2C)cc(Br)c1OC(C)C. The number of rotatable bonds is 10. The molecule has 0 aliphatic heterocycles. The summed E-state index contributed by atoms with van der Waals surface area (Å²) < 4.78 is 12.2. The van der Waals surface area contributed by atoms with Gasteiger partial charge in [-0.15, -0.1) is 0 Å². The molecule has 2 aromatic carbocycles. The number of benzene rings is 2. The van der Waals surface area contributed by atoms with Crippen molar-refractivity contribution < 1.29 is 19.1 Å². The lowest BCUT2D eigenvalue weighted by atomic mass is 10.2. The van der Waals surface area contributed by atoms with E-state index in [9.17, 15) is 9.59 Å². The molecule has 2 aromatic rings. The Morgan fingerprint density at radius 3 is 2.55 bits per heavy atom. The molecule has 0 spiro atoms. The summed E-state index contributed by atoms with van der Waals surface area (Å²) >= 11 is 3.49. The van der Waals surface area contributed by atoms with Crippen LogP contribution in [0.4, 0.5) is 5.69 Å². The minimum Gasteiger partial charge on any atom is -0.490 e. The Morgan fingerprint density at radius 2 is 1.87 bits per heavy atom. The van der Waals surface area contributed by atoms with Gasteiger partial charge in [0.25, 0.3) is 0 Å². The smallest absolute Gasteiger partial charge is 0.240 e. The number of hydrogen-bond donors (Lipinski definition) is 2. The average Bonchev–Trinajstić information content (AvgIpc) is 2.71. The zero-order valence-corrected chi connectivity index (χ0v) is 19.8. The number of hydrogen-bond acceptors (Lipinski definition) is 5. The van der Waals surface area contributed by atoms with Gasteiger partial charge in [-0.1, -0.05) is 18.2 Å². The van der Waals surface area contributed by atoms with Crippen LogP contribution in [0.25, 0.3) is 0 Å². The van der Waals surface area contributed by atoms with Crippen LogP contribution in [0.2, 0.25) is 0 Å². The van der Waals surface area contributed by atoms with Crippen molar-refractivity contribution >= 4 is 39.6 Å². The quantitative estimate of drug-likeness (QED) is 0.370. The van der Waals surface area contributed by atoms with E-state index in [2.05, 4.69) is 31.8 Å². The second-order valence-electron chi connectivity index (χ2n) is 7.09. The van der Waals surface area contributed by atoms with Crippen LogP contribution in [0.1, 0.15) is 44.7 Å². The summed E-state index contributed by atoms with van der Waals surface area (Å²) in [5.74, 6) is 0.642. The lowest BCUT2D eigenvalue weighted by Gasteiger charge is -2.16. The topological polar surface area (TPSA) is 89.0 Å². The number of halogens is 1. The number of hydrazone groups is 1. The van der Waals surface area contributed by atoms with E-state index in [1.54, 1.807) is 6.07 Å². The lowest BCUT2D eigenvalue weighted by Crippen LogP contribution is -2.20. The second-order valence-corrected chi connectivity index (χ2v) is 7.94. The van der Waals surface area contributed by atoms with Crippen LogP contribution in [0.3, 0.4) is 0 Å².